The van der Waals surface area contributed by atoms with E-state index in [1.165, 1.54) is 56.3 Å². The molecule has 0 rings (SSSR count). The van der Waals surface area contributed by atoms with E-state index >= 15 is 0 Å². The fourth-order valence-electron chi connectivity index (χ4n) is 2.51. The molecule has 0 aromatic carbocycles. The van der Waals surface area contributed by atoms with E-state index in [2.05, 4.69) is 6.92 Å². The standard InChI is InChI=1S/C17H35NO4S/c1-3-4-5-6-7-8-9-10-11-12-13-14-17(19)18(2)15-16-23(20,21)22/h3-16H2,1-2H3,(H,20,21,22). The Balaban J connectivity index is 3.41. The van der Waals surface area contributed by atoms with E-state index in [-0.39, 0.29) is 12.5 Å². The summed E-state index contributed by atoms with van der Waals surface area (Å²) < 4.78 is 29.9. The van der Waals surface area contributed by atoms with Crippen LogP contribution in [0.2, 0.25) is 0 Å². The number of hydrogen-bond acceptors (Lipinski definition) is 3. The maximum atomic E-state index is 11.8. The van der Waals surface area contributed by atoms with E-state index < -0.39 is 15.9 Å². The third-order valence-electron chi connectivity index (χ3n) is 4.10. The Morgan fingerprint density at radius 2 is 1.30 bits per heavy atom. The van der Waals surface area contributed by atoms with Gasteiger partial charge in [0, 0.05) is 20.0 Å². The number of rotatable bonds is 15. The molecule has 0 aliphatic heterocycles. The van der Waals surface area contributed by atoms with E-state index in [1.54, 1.807) is 7.05 Å². The number of carbonyl (C=O) groups excluding carboxylic acids is 1. The predicted molar refractivity (Wildman–Crippen MR) is 95.1 cm³/mol. The lowest BCUT2D eigenvalue weighted by molar-refractivity contribution is -0.129. The number of unbranched alkanes of at least 4 members (excludes halogenated alkanes) is 10. The van der Waals surface area contributed by atoms with Crippen molar-refractivity contribution in [2.75, 3.05) is 19.3 Å². The van der Waals surface area contributed by atoms with Crippen molar-refractivity contribution in [2.24, 2.45) is 0 Å². The smallest absolute Gasteiger partial charge is 0.266 e. The fourth-order valence-corrected chi connectivity index (χ4v) is 3.01. The summed E-state index contributed by atoms with van der Waals surface area (Å²) in [7, 11) is -2.42. The zero-order valence-electron chi connectivity index (χ0n) is 14.9. The summed E-state index contributed by atoms with van der Waals surface area (Å²) in [6.07, 6.45) is 14.1. The molecule has 23 heavy (non-hydrogen) atoms. The maximum Gasteiger partial charge on any atom is 0.266 e. The van der Waals surface area contributed by atoms with Gasteiger partial charge in [0.1, 0.15) is 0 Å². The van der Waals surface area contributed by atoms with Crippen LogP contribution in [0, 0.1) is 0 Å². The summed E-state index contributed by atoms with van der Waals surface area (Å²) in [5.41, 5.74) is 0. The molecule has 5 nitrogen and oxygen atoms in total. The quantitative estimate of drug-likeness (QED) is 0.358. The summed E-state index contributed by atoms with van der Waals surface area (Å²) >= 11 is 0. The summed E-state index contributed by atoms with van der Waals surface area (Å²) in [5, 5.41) is 0. The molecule has 0 bridgehead atoms. The number of amides is 1. The minimum Gasteiger partial charge on any atom is -0.345 e. The zero-order valence-corrected chi connectivity index (χ0v) is 15.7. The average Bonchev–Trinajstić information content (AvgIpc) is 2.49. The van der Waals surface area contributed by atoms with Gasteiger partial charge in [-0.15, -0.1) is 0 Å². The van der Waals surface area contributed by atoms with Crippen LogP contribution in [0.3, 0.4) is 0 Å². The van der Waals surface area contributed by atoms with Gasteiger partial charge in [-0.2, -0.15) is 8.42 Å². The molecule has 0 saturated heterocycles. The predicted octanol–water partition coefficient (Wildman–Crippen LogP) is 4.03. The van der Waals surface area contributed by atoms with E-state index in [0.29, 0.717) is 6.42 Å². The highest BCUT2D eigenvalue weighted by atomic mass is 32.2. The van der Waals surface area contributed by atoms with Gasteiger partial charge >= 0.3 is 0 Å². The monoisotopic (exact) mass is 349 g/mol. The van der Waals surface area contributed by atoms with Gasteiger partial charge in [-0.05, 0) is 6.42 Å². The summed E-state index contributed by atoms with van der Waals surface area (Å²) in [6.45, 7) is 2.28. The van der Waals surface area contributed by atoms with Crippen LogP contribution in [-0.4, -0.2) is 43.1 Å². The lowest BCUT2D eigenvalue weighted by Gasteiger charge is -2.16. The molecule has 0 aliphatic rings. The lowest BCUT2D eigenvalue weighted by atomic mass is 10.1. The molecule has 138 valence electrons. The third kappa shape index (κ3) is 16.0. The van der Waals surface area contributed by atoms with Crippen molar-refractivity contribution in [3.8, 4) is 0 Å². The summed E-state index contributed by atoms with van der Waals surface area (Å²) in [4.78, 5) is 13.1. The Labute approximate surface area is 142 Å². The van der Waals surface area contributed by atoms with Crippen LogP contribution < -0.4 is 0 Å². The van der Waals surface area contributed by atoms with Gasteiger partial charge in [-0.25, -0.2) is 0 Å². The molecule has 1 N–H and O–H groups in total. The topological polar surface area (TPSA) is 74.7 Å². The number of hydrogen-bond donors (Lipinski definition) is 1. The Hall–Kier alpha value is -0.620. The second-order valence-electron chi connectivity index (χ2n) is 6.39. The first kappa shape index (κ1) is 22.4. The van der Waals surface area contributed by atoms with Crippen molar-refractivity contribution in [3.05, 3.63) is 0 Å². The Morgan fingerprint density at radius 3 is 1.74 bits per heavy atom. The van der Waals surface area contributed by atoms with Gasteiger partial charge in [0.05, 0.1) is 5.75 Å². The second-order valence-corrected chi connectivity index (χ2v) is 7.96. The highest BCUT2D eigenvalue weighted by Crippen LogP contribution is 2.12. The van der Waals surface area contributed by atoms with Gasteiger partial charge in [-0.3, -0.25) is 9.35 Å². The third-order valence-corrected chi connectivity index (χ3v) is 4.80. The van der Waals surface area contributed by atoms with Crippen molar-refractivity contribution in [1.82, 2.24) is 4.90 Å². The van der Waals surface area contributed by atoms with Gasteiger partial charge < -0.3 is 4.90 Å². The zero-order chi connectivity index (χ0) is 17.6. The van der Waals surface area contributed by atoms with E-state index in [1.807, 2.05) is 0 Å². The SMILES string of the molecule is CCCCCCCCCCCCCC(=O)N(C)CCS(=O)(=O)O. The van der Waals surface area contributed by atoms with Crippen molar-refractivity contribution in [1.29, 1.82) is 0 Å². The van der Waals surface area contributed by atoms with E-state index in [4.69, 9.17) is 4.55 Å². The Kier molecular flexibility index (Phi) is 13.4. The average molecular weight is 350 g/mol. The molecule has 0 saturated carbocycles. The summed E-state index contributed by atoms with van der Waals surface area (Å²) in [6, 6.07) is 0. The highest BCUT2D eigenvalue weighted by molar-refractivity contribution is 7.85. The minimum atomic E-state index is -3.99. The Bertz CT molecular complexity index is 395. The molecule has 0 unspecified atom stereocenters. The number of carbonyl (C=O) groups is 1. The van der Waals surface area contributed by atoms with Gasteiger partial charge in [-0.1, -0.05) is 71.1 Å². The first-order valence-corrected chi connectivity index (χ1v) is 10.7. The van der Waals surface area contributed by atoms with E-state index in [9.17, 15) is 13.2 Å². The minimum absolute atomic E-state index is 0.0513. The van der Waals surface area contributed by atoms with Crippen LogP contribution in [0.1, 0.15) is 84.0 Å². The molecule has 0 aromatic rings. The molecule has 0 spiro atoms. The van der Waals surface area contributed by atoms with Crippen LogP contribution in [0.5, 0.6) is 0 Å². The maximum absolute atomic E-state index is 11.8. The highest BCUT2D eigenvalue weighted by Gasteiger charge is 2.12. The van der Waals surface area contributed by atoms with Crippen LogP contribution in [0.4, 0.5) is 0 Å². The summed E-state index contributed by atoms with van der Waals surface area (Å²) in [5.74, 6) is -0.447. The van der Waals surface area contributed by atoms with Crippen LogP contribution >= 0.6 is 0 Å². The van der Waals surface area contributed by atoms with E-state index in [0.717, 1.165) is 19.3 Å². The first-order valence-electron chi connectivity index (χ1n) is 9.06. The molecule has 0 atom stereocenters. The molecule has 0 radical (unpaired) electrons. The van der Waals surface area contributed by atoms with Gasteiger partial charge in [0.15, 0.2) is 0 Å². The first-order chi connectivity index (χ1) is 10.9. The molecular weight excluding hydrogens is 314 g/mol. The van der Waals surface area contributed by atoms with Gasteiger partial charge in [0.25, 0.3) is 10.1 Å². The van der Waals surface area contributed by atoms with Crippen molar-refractivity contribution < 1.29 is 17.8 Å². The normalized spacial score (nSPS) is 11.6. The molecular formula is C17H35NO4S. The lowest BCUT2D eigenvalue weighted by Crippen LogP contribution is -2.31. The molecule has 0 aliphatic carbocycles. The van der Waals surface area contributed by atoms with Crippen molar-refractivity contribution in [3.63, 3.8) is 0 Å². The molecule has 1 amide bonds. The van der Waals surface area contributed by atoms with Crippen LogP contribution in [0.25, 0.3) is 0 Å². The second kappa shape index (κ2) is 13.8. The van der Waals surface area contributed by atoms with Crippen LogP contribution in [-0.2, 0) is 14.9 Å². The van der Waals surface area contributed by atoms with Crippen LogP contribution in [0.15, 0.2) is 0 Å². The largest absolute Gasteiger partial charge is 0.345 e. The number of nitrogens with zero attached hydrogens (tertiary/aromatic N) is 1. The molecule has 0 heterocycles. The Morgan fingerprint density at radius 1 is 0.870 bits per heavy atom. The van der Waals surface area contributed by atoms with Crippen molar-refractivity contribution in [2.45, 2.75) is 84.0 Å². The molecule has 0 fully saturated rings. The van der Waals surface area contributed by atoms with Crippen molar-refractivity contribution >= 4 is 16.0 Å². The van der Waals surface area contributed by atoms with Gasteiger partial charge in [0.2, 0.25) is 5.91 Å². The molecule has 0 aromatic heterocycles. The fraction of sp³-hybridized carbons (Fsp3) is 0.941. The molecule has 6 heteroatoms.